The van der Waals surface area contributed by atoms with Crippen LogP contribution in [-0.4, -0.2) is 63.0 Å². The van der Waals surface area contributed by atoms with Gasteiger partial charge in [0.05, 0.1) is 17.3 Å². The molecule has 80 valence electrons. The summed E-state index contributed by atoms with van der Waals surface area (Å²) in [6, 6.07) is 0. The third kappa shape index (κ3) is 3.58. The molecule has 0 saturated carbocycles. The summed E-state index contributed by atoms with van der Waals surface area (Å²) in [5.41, 5.74) is 0. The Morgan fingerprint density at radius 2 is 1.46 bits per heavy atom. The van der Waals surface area contributed by atoms with Crippen molar-refractivity contribution >= 4 is 0 Å². The van der Waals surface area contributed by atoms with Crippen molar-refractivity contribution < 1.29 is 28.5 Å². The van der Waals surface area contributed by atoms with E-state index < -0.39 is 31.5 Å². The predicted octanol–water partition coefficient (Wildman–Crippen LogP) is -0.984. The van der Waals surface area contributed by atoms with Gasteiger partial charge in [-0.2, -0.15) is 0 Å². The molecular weight excluding hydrogens is 176 g/mol. The third-order valence-electron chi connectivity index (χ3n) is 1.71. The number of hydrogen-bond donors (Lipinski definition) is 2. The zero-order valence-corrected chi connectivity index (χ0v) is 7.39. The highest BCUT2D eigenvalue weighted by atomic mass is 16.6. The van der Waals surface area contributed by atoms with E-state index in [2.05, 4.69) is 0 Å². The van der Waals surface area contributed by atoms with E-state index in [1.807, 2.05) is 0 Å². The standard InChI is InChI=1S/C8H18O5/c1-11-6(4-9)8(13-3)7(5-10)12-2/h6-10H,4-5H2,1-3H3/t6-,7+,8?/i1D,2D,3D. The number of hydrogen-bond acceptors (Lipinski definition) is 5. The topological polar surface area (TPSA) is 68.2 Å². The first-order valence-corrected chi connectivity index (χ1v) is 3.69. The molecular formula is C8H18O5. The average molecular weight is 197 g/mol. The van der Waals surface area contributed by atoms with Crippen molar-refractivity contribution in [3.8, 4) is 0 Å². The summed E-state index contributed by atoms with van der Waals surface area (Å²) >= 11 is 0. The highest BCUT2D eigenvalue weighted by molar-refractivity contribution is 4.78. The molecule has 0 saturated heterocycles. The lowest BCUT2D eigenvalue weighted by Crippen LogP contribution is -2.44. The highest BCUT2D eigenvalue weighted by Gasteiger charge is 2.28. The maximum Gasteiger partial charge on any atom is 0.114 e. The lowest BCUT2D eigenvalue weighted by Gasteiger charge is -2.28. The van der Waals surface area contributed by atoms with Crippen LogP contribution in [0.3, 0.4) is 0 Å². The molecule has 0 aliphatic heterocycles. The normalized spacial score (nSPS) is 21.2. The molecule has 1 unspecified atom stereocenters. The van der Waals surface area contributed by atoms with Crippen molar-refractivity contribution in [2.75, 3.05) is 34.5 Å². The van der Waals surface area contributed by atoms with E-state index >= 15 is 0 Å². The second-order valence-corrected chi connectivity index (χ2v) is 2.41. The van der Waals surface area contributed by atoms with Crippen LogP contribution < -0.4 is 0 Å². The van der Waals surface area contributed by atoms with Crippen LogP contribution in [0.1, 0.15) is 4.11 Å². The fraction of sp³-hybridized carbons (Fsp3) is 1.00. The lowest BCUT2D eigenvalue weighted by molar-refractivity contribution is -0.130. The van der Waals surface area contributed by atoms with E-state index in [4.69, 9.17) is 28.5 Å². The second-order valence-electron chi connectivity index (χ2n) is 2.41. The van der Waals surface area contributed by atoms with E-state index in [-0.39, 0.29) is 21.3 Å². The summed E-state index contributed by atoms with van der Waals surface area (Å²) in [5.74, 6) is 0. The molecule has 0 aromatic rings. The van der Waals surface area contributed by atoms with Crippen LogP contribution in [0.15, 0.2) is 0 Å². The number of aliphatic hydroxyl groups is 2. The van der Waals surface area contributed by atoms with E-state index in [1.54, 1.807) is 0 Å². The number of aliphatic hydroxyl groups excluding tert-OH is 2. The predicted molar refractivity (Wildman–Crippen MR) is 46.6 cm³/mol. The van der Waals surface area contributed by atoms with Crippen LogP contribution in [0.4, 0.5) is 0 Å². The van der Waals surface area contributed by atoms with Gasteiger partial charge in [0, 0.05) is 21.3 Å². The van der Waals surface area contributed by atoms with Gasteiger partial charge in [-0.15, -0.1) is 0 Å². The maximum atomic E-state index is 9.03. The molecule has 0 bridgehead atoms. The van der Waals surface area contributed by atoms with Crippen LogP contribution >= 0.6 is 0 Å². The number of rotatable bonds is 7. The zero-order chi connectivity index (χ0) is 12.4. The van der Waals surface area contributed by atoms with Crippen molar-refractivity contribution in [1.29, 1.82) is 0 Å². The number of methoxy groups -OCH3 is 3. The number of ether oxygens (including phenoxy) is 3. The van der Waals surface area contributed by atoms with Gasteiger partial charge in [-0.25, -0.2) is 0 Å². The van der Waals surface area contributed by atoms with E-state index in [1.165, 1.54) is 0 Å². The quantitative estimate of drug-likeness (QED) is 0.549. The molecule has 0 fully saturated rings. The Morgan fingerprint density at radius 1 is 1.00 bits per heavy atom. The maximum absolute atomic E-state index is 9.03. The summed E-state index contributed by atoms with van der Waals surface area (Å²) in [5, 5.41) is 18.1. The molecule has 0 radical (unpaired) electrons. The molecule has 5 nitrogen and oxygen atoms in total. The first-order valence-electron chi connectivity index (χ1n) is 5.81. The minimum atomic E-state index is -0.872. The Hall–Kier alpha value is -0.200. The molecule has 13 heavy (non-hydrogen) atoms. The summed E-state index contributed by atoms with van der Waals surface area (Å²) in [7, 11) is -1.13. The molecule has 0 amide bonds. The molecule has 0 aliphatic rings. The SMILES string of the molecule is [2H]COC([C@H](CO)OC[2H])[C@@H](CO)OC[2H]. The van der Waals surface area contributed by atoms with Gasteiger partial charge in [-0.1, -0.05) is 0 Å². The molecule has 0 aliphatic carbocycles. The summed E-state index contributed by atoms with van der Waals surface area (Å²) in [4.78, 5) is 0. The molecule has 2 N–H and O–H groups in total. The van der Waals surface area contributed by atoms with Gasteiger partial charge in [-0.3, -0.25) is 0 Å². The molecule has 0 spiro atoms. The van der Waals surface area contributed by atoms with Crippen LogP contribution in [0.25, 0.3) is 0 Å². The van der Waals surface area contributed by atoms with Crippen molar-refractivity contribution in [3.05, 3.63) is 0 Å². The minimum absolute atomic E-state index is 0.373. The van der Waals surface area contributed by atoms with Crippen molar-refractivity contribution in [3.63, 3.8) is 0 Å². The van der Waals surface area contributed by atoms with Gasteiger partial charge in [0.25, 0.3) is 0 Å². The van der Waals surface area contributed by atoms with Gasteiger partial charge >= 0.3 is 0 Å². The Bertz CT molecular complexity index is 149. The highest BCUT2D eigenvalue weighted by Crippen LogP contribution is 2.09. The minimum Gasteiger partial charge on any atom is -0.394 e. The van der Waals surface area contributed by atoms with Gasteiger partial charge in [0.15, 0.2) is 0 Å². The Morgan fingerprint density at radius 3 is 1.77 bits per heavy atom. The first kappa shape index (κ1) is 8.14. The van der Waals surface area contributed by atoms with Crippen LogP contribution in [0.5, 0.6) is 0 Å². The smallest absolute Gasteiger partial charge is 0.114 e. The average Bonchev–Trinajstić information content (AvgIpc) is 2.31. The van der Waals surface area contributed by atoms with Crippen molar-refractivity contribution in [2.24, 2.45) is 0 Å². The van der Waals surface area contributed by atoms with Gasteiger partial charge in [0.2, 0.25) is 0 Å². The molecule has 0 aromatic carbocycles. The van der Waals surface area contributed by atoms with Crippen molar-refractivity contribution in [2.45, 2.75) is 18.3 Å². The van der Waals surface area contributed by atoms with Gasteiger partial charge in [-0.05, 0) is 0 Å². The summed E-state index contributed by atoms with van der Waals surface area (Å²) < 4.78 is 35.5. The van der Waals surface area contributed by atoms with E-state index in [9.17, 15) is 0 Å². The van der Waals surface area contributed by atoms with Crippen LogP contribution in [0.2, 0.25) is 0 Å². The van der Waals surface area contributed by atoms with E-state index in [0.717, 1.165) is 0 Å². The van der Waals surface area contributed by atoms with E-state index in [0.29, 0.717) is 0 Å². The molecule has 3 atom stereocenters. The molecule has 0 aromatic heterocycles. The molecule has 5 heteroatoms. The van der Waals surface area contributed by atoms with Crippen molar-refractivity contribution in [1.82, 2.24) is 0 Å². The summed E-state index contributed by atoms with van der Waals surface area (Å²) in [6.07, 6.45) is -2.58. The largest absolute Gasteiger partial charge is 0.394 e. The fourth-order valence-electron chi connectivity index (χ4n) is 0.957. The molecule has 0 heterocycles. The monoisotopic (exact) mass is 197 g/mol. The Balaban J connectivity index is 4.50. The van der Waals surface area contributed by atoms with Crippen LogP contribution in [0, 0.1) is 0 Å². The lowest BCUT2D eigenvalue weighted by atomic mass is 10.1. The van der Waals surface area contributed by atoms with Gasteiger partial charge < -0.3 is 24.4 Å². The second kappa shape index (κ2) is 7.23. The first-order chi connectivity index (χ1) is 7.74. The summed E-state index contributed by atoms with van der Waals surface area (Å²) in [6.45, 7) is -0.831. The van der Waals surface area contributed by atoms with Gasteiger partial charge in [0.1, 0.15) is 18.3 Å². The Kier molecular flexibility index (Phi) is 4.52. The fourth-order valence-corrected chi connectivity index (χ4v) is 0.957. The van der Waals surface area contributed by atoms with Crippen LogP contribution in [-0.2, 0) is 14.2 Å². The third-order valence-corrected chi connectivity index (χ3v) is 1.71. The molecule has 0 rings (SSSR count). The zero-order valence-electron chi connectivity index (χ0n) is 10.4. The Labute approximate surface area is 82.4 Å².